The van der Waals surface area contributed by atoms with E-state index in [9.17, 15) is 0 Å². The van der Waals surface area contributed by atoms with Gasteiger partial charge in [-0.1, -0.05) is 6.07 Å². The van der Waals surface area contributed by atoms with Crippen molar-refractivity contribution in [1.29, 1.82) is 0 Å². The Morgan fingerprint density at radius 2 is 2.53 bits per heavy atom. The van der Waals surface area contributed by atoms with Crippen molar-refractivity contribution in [3.05, 3.63) is 22.4 Å². The van der Waals surface area contributed by atoms with Crippen molar-refractivity contribution in [1.82, 2.24) is 14.8 Å². The molecule has 2 aromatic heterocycles. The molecule has 0 bridgehead atoms. The lowest BCUT2D eigenvalue weighted by atomic mass is 10.1. The minimum atomic E-state index is 0.283. The molecule has 2 aromatic rings. The predicted octanol–water partition coefficient (Wildman–Crippen LogP) is 1.33. The number of nitrogens with one attached hydrogen (secondary N) is 1. The highest BCUT2D eigenvalue weighted by Crippen LogP contribution is 2.31. The molecule has 6 heteroatoms. The Kier molecular flexibility index (Phi) is 1.88. The summed E-state index contributed by atoms with van der Waals surface area (Å²) in [5.74, 6) is 1.11. The third-order valence-corrected chi connectivity index (χ3v) is 3.49. The van der Waals surface area contributed by atoms with Crippen LogP contribution in [-0.2, 0) is 0 Å². The van der Waals surface area contributed by atoms with Gasteiger partial charge in [-0.05, 0) is 17.9 Å². The third-order valence-electron chi connectivity index (χ3n) is 2.52. The van der Waals surface area contributed by atoms with Gasteiger partial charge >= 0.3 is 0 Å². The maximum atomic E-state index is 5.59. The van der Waals surface area contributed by atoms with E-state index in [1.165, 1.54) is 4.88 Å². The number of nitrogens with zero attached hydrogens (tertiary/aromatic N) is 3. The van der Waals surface area contributed by atoms with E-state index < -0.39 is 0 Å². The van der Waals surface area contributed by atoms with Gasteiger partial charge in [0.15, 0.2) is 0 Å². The van der Waals surface area contributed by atoms with Crippen LogP contribution in [0, 0.1) is 0 Å². The molecule has 1 unspecified atom stereocenters. The van der Waals surface area contributed by atoms with Crippen LogP contribution in [0.5, 0.6) is 0 Å². The molecule has 0 aromatic carbocycles. The second-order valence-electron chi connectivity index (χ2n) is 3.48. The molecule has 5 nitrogen and oxygen atoms in total. The lowest BCUT2D eigenvalue weighted by Gasteiger charge is -2.23. The molecule has 3 rings (SSSR count). The Balaban J connectivity index is 2.06. The molecule has 78 valence electrons. The summed E-state index contributed by atoms with van der Waals surface area (Å²) in [5.41, 5.74) is 5.59. The van der Waals surface area contributed by atoms with Crippen LogP contribution >= 0.6 is 11.3 Å². The Labute approximate surface area is 90.9 Å². The van der Waals surface area contributed by atoms with Crippen LogP contribution in [0.1, 0.15) is 17.3 Å². The summed E-state index contributed by atoms with van der Waals surface area (Å²) in [4.78, 5) is 5.44. The summed E-state index contributed by atoms with van der Waals surface area (Å²) in [6, 6.07) is 4.47. The fraction of sp³-hybridized carbons (Fsp3) is 0.333. The summed E-state index contributed by atoms with van der Waals surface area (Å²) < 4.78 is 1.88. The fourth-order valence-electron chi connectivity index (χ4n) is 1.86. The van der Waals surface area contributed by atoms with Gasteiger partial charge in [-0.2, -0.15) is 4.98 Å². The molecule has 3 heterocycles. The van der Waals surface area contributed by atoms with E-state index in [2.05, 4.69) is 32.9 Å². The number of hydrogen-bond donors (Lipinski definition) is 2. The maximum Gasteiger partial charge on any atom is 0.241 e. The predicted molar refractivity (Wildman–Crippen MR) is 60.0 cm³/mol. The van der Waals surface area contributed by atoms with Crippen LogP contribution in [0.15, 0.2) is 17.5 Å². The van der Waals surface area contributed by atoms with Gasteiger partial charge in [0.1, 0.15) is 0 Å². The Bertz CT molecular complexity index is 461. The second-order valence-corrected chi connectivity index (χ2v) is 4.46. The van der Waals surface area contributed by atoms with E-state index in [0.717, 1.165) is 18.9 Å². The normalized spacial score (nSPS) is 19.6. The van der Waals surface area contributed by atoms with E-state index in [1.54, 1.807) is 11.3 Å². The van der Waals surface area contributed by atoms with E-state index >= 15 is 0 Å². The van der Waals surface area contributed by atoms with Crippen molar-refractivity contribution in [3.63, 3.8) is 0 Å². The first-order valence-corrected chi connectivity index (χ1v) is 5.72. The summed E-state index contributed by atoms with van der Waals surface area (Å²) in [5, 5.41) is 9.49. The molecule has 1 aliphatic heterocycles. The zero-order valence-corrected chi connectivity index (χ0v) is 8.87. The lowest BCUT2D eigenvalue weighted by molar-refractivity contribution is 0.488. The van der Waals surface area contributed by atoms with Gasteiger partial charge < -0.3 is 11.1 Å². The molecule has 0 saturated heterocycles. The summed E-state index contributed by atoms with van der Waals surface area (Å²) >= 11 is 1.75. The molecule has 0 radical (unpaired) electrons. The van der Waals surface area contributed by atoms with Crippen molar-refractivity contribution < 1.29 is 0 Å². The van der Waals surface area contributed by atoms with E-state index in [0.29, 0.717) is 5.95 Å². The smallest absolute Gasteiger partial charge is 0.241 e. The first-order valence-electron chi connectivity index (χ1n) is 4.84. The number of nitrogens with two attached hydrogens (primary N) is 1. The van der Waals surface area contributed by atoms with Crippen LogP contribution in [-0.4, -0.2) is 21.3 Å². The standard InChI is InChI=1S/C9H11N5S/c10-8-12-9-11-4-3-6(14(9)13-8)7-2-1-5-15-7/h1-2,5-6H,3-4H2,(H3,10,11,12,13). The molecule has 0 aliphatic carbocycles. The van der Waals surface area contributed by atoms with E-state index in [1.807, 2.05) is 4.68 Å². The Hall–Kier alpha value is -1.56. The maximum absolute atomic E-state index is 5.59. The minimum absolute atomic E-state index is 0.283. The molecule has 0 spiro atoms. The molecule has 0 fully saturated rings. The fourth-order valence-corrected chi connectivity index (χ4v) is 2.71. The average molecular weight is 221 g/mol. The number of aromatic nitrogens is 3. The summed E-state index contributed by atoms with van der Waals surface area (Å²) in [6.45, 7) is 0.917. The number of hydrogen-bond acceptors (Lipinski definition) is 5. The van der Waals surface area contributed by atoms with Gasteiger partial charge in [-0.15, -0.1) is 16.4 Å². The topological polar surface area (TPSA) is 68.8 Å². The first kappa shape index (κ1) is 8.72. The first-order chi connectivity index (χ1) is 7.34. The largest absolute Gasteiger partial charge is 0.366 e. The van der Waals surface area contributed by atoms with Crippen molar-refractivity contribution >= 4 is 23.2 Å². The van der Waals surface area contributed by atoms with Crippen LogP contribution in [0.4, 0.5) is 11.9 Å². The third kappa shape index (κ3) is 1.37. The van der Waals surface area contributed by atoms with Crippen LogP contribution in [0.2, 0.25) is 0 Å². The zero-order valence-electron chi connectivity index (χ0n) is 8.05. The molecule has 15 heavy (non-hydrogen) atoms. The minimum Gasteiger partial charge on any atom is -0.366 e. The van der Waals surface area contributed by atoms with Crippen LogP contribution < -0.4 is 11.1 Å². The van der Waals surface area contributed by atoms with Crippen LogP contribution in [0.25, 0.3) is 0 Å². The van der Waals surface area contributed by atoms with Crippen molar-refractivity contribution in [3.8, 4) is 0 Å². The number of fused-ring (bicyclic) bond motifs is 1. The Morgan fingerprint density at radius 1 is 1.60 bits per heavy atom. The average Bonchev–Trinajstić information content (AvgIpc) is 2.82. The lowest BCUT2D eigenvalue weighted by Crippen LogP contribution is -2.24. The molecule has 3 N–H and O–H groups in total. The summed E-state index contributed by atoms with van der Waals surface area (Å²) in [7, 11) is 0. The molecule has 1 atom stereocenters. The quantitative estimate of drug-likeness (QED) is 0.762. The van der Waals surface area contributed by atoms with Crippen molar-refractivity contribution in [2.75, 3.05) is 17.6 Å². The van der Waals surface area contributed by atoms with Gasteiger partial charge in [0, 0.05) is 11.4 Å². The monoisotopic (exact) mass is 221 g/mol. The number of nitrogen functional groups attached to an aromatic ring is 1. The second kappa shape index (κ2) is 3.23. The van der Waals surface area contributed by atoms with Gasteiger partial charge in [0.05, 0.1) is 6.04 Å². The van der Waals surface area contributed by atoms with Crippen molar-refractivity contribution in [2.45, 2.75) is 12.5 Å². The molecule has 0 amide bonds. The number of anilines is 2. The summed E-state index contributed by atoms with van der Waals surface area (Å²) in [6.07, 6.45) is 1.02. The molecular formula is C9H11N5S. The van der Waals surface area contributed by atoms with Gasteiger partial charge in [0.2, 0.25) is 11.9 Å². The SMILES string of the molecule is Nc1nc2n(n1)C(c1cccs1)CCN2. The van der Waals surface area contributed by atoms with Gasteiger partial charge in [-0.25, -0.2) is 4.68 Å². The van der Waals surface area contributed by atoms with Gasteiger partial charge in [-0.3, -0.25) is 0 Å². The highest BCUT2D eigenvalue weighted by atomic mass is 32.1. The Morgan fingerprint density at radius 3 is 3.33 bits per heavy atom. The van der Waals surface area contributed by atoms with E-state index in [-0.39, 0.29) is 6.04 Å². The van der Waals surface area contributed by atoms with Crippen molar-refractivity contribution in [2.24, 2.45) is 0 Å². The van der Waals surface area contributed by atoms with Crippen LogP contribution in [0.3, 0.4) is 0 Å². The van der Waals surface area contributed by atoms with Gasteiger partial charge in [0.25, 0.3) is 0 Å². The number of rotatable bonds is 1. The molecule has 0 saturated carbocycles. The molecule has 1 aliphatic rings. The highest BCUT2D eigenvalue weighted by Gasteiger charge is 2.24. The van der Waals surface area contributed by atoms with E-state index in [4.69, 9.17) is 5.73 Å². The number of thiophene rings is 1. The molecular weight excluding hydrogens is 210 g/mol. The zero-order chi connectivity index (χ0) is 10.3. The highest BCUT2D eigenvalue weighted by molar-refractivity contribution is 7.10.